The second-order valence-corrected chi connectivity index (χ2v) is 5.94. The molecule has 0 fully saturated rings. The molecule has 0 saturated heterocycles. The second-order valence-electron chi connectivity index (χ2n) is 5.94. The van der Waals surface area contributed by atoms with E-state index >= 15 is 0 Å². The second kappa shape index (κ2) is 8.92. The molecule has 6 nitrogen and oxygen atoms in total. The molecule has 0 aliphatic carbocycles. The van der Waals surface area contributed by atoms with Gasteiger partial charge in [-0.05, 0) is 38.5 Å². The molecule has 132 valence electrons. The molecule has 0 bridgehead atoms. The van der Waals surface area contributed by atoms with Crippen LogP contribution in [0.5, 0.6) is 0 Å². The normalized spacial score (nSPS) is 10.4. The van der Waals surface area contributed by atoms with E-state index in [-0.39, 0.29) is 11.7 Å². The van der Waals surface area contributed by atoms with Gasteiger partial charge in [0.05, 0.1) is 0 Å². The van der Waals surface area contributed by atoms with Crippen LogP contribution in [0.4, 0.5) is 11.6 Å². The van der Waals surface area contributed by atoms with Gasteiger partial charge in [0.2, 0.25) is 5.95 Å². The van der Waals surface area contributed by atoms with Gasteiger partial charge in [0.15, 0.2) is 5.78 Å². The van der Waals surface area contributed by atoms with E-state index in [1.54, 1.807) is 30.3 Å². The van der Waals surface area contributed by atoms with Crippen molar-refractivity contribution >= 4 is 23.3 Å². The maximum absolute atomic E-state index is 12.5. The first-order valence-corrected chi connectivity index (χ1v) is 8.51. The number of benzene rings is 1. The highest BCUT2D eigenvalue weighted by molar-refractivity contribution is 6.04. The summed E-state index contributed by atoms with van der Waals surface area (Å²) >= 11 is 0. The Morgan fingerprint density at radius 2 is 1.92 bits per heavy atom. The van der Waals surface area contributed by atoms with E-state index in [9.17, 15) is 9.59 Å². The first-order valence-electron chi connectivity index (χ1n) is 8.51. The summed E-state index contributed by atoms with van der Waals surface area (Å²) in [5, 5.41) is 5.93. The lowest BCUT2D eigenvalue weighted by Crippen LogP contribution is -2.16. The SMILES string of the molecule is CCCCCNc1nc(C)cc(C(=O)Nc2cccc(C(C)=O)c2)n1. The fraction of sp³-hybridized carbons (Fsp3) is 0.368. The Bertz CT molecular complexity index is 759. The van der Waals surface area contributed by atoms with Crippen LogP contribution in [0.25, 0.3) is 0 Å². The summed E-state index contributed by atoms with van der Waals surface area (Å²) in [4.78, 5) is 32.5. The molecule has 0 atom stereocenters. The van der Waals surface area contributed by atoms with Crippen LogP contribution < -0.4 is 10.6 Å². The average molecular weight is 340 g/mol. The maximum Gasteiger partial charge on any atom is 0.274 e. The molecule has 6 heteroatoms. The summed E-state index contributed by atoms with van der Waals surface area (Å²) in [6.45, 7) is 6.24. The summed E-state index contributed by atoms with van der Waals surface area (Å²) in [7, 11) is 0. The molecule has 0 spiro atoms. The molecule has 0 aliphatic rings. The van der Waals surface area contributed by atoms with Gasteiger partial charge in [-0.25, -0.2) is 9.97 Å². The van der Waals surface area contributed by atoms with E-state index < -0.39 is 0 Å². The highest BCUT2D eigenvalue weighted by atomic mass is 16.2. The van der Waals surface area contributed by atoms with Crippen molar-refractivity contribution in [3.63, 3.8) is 0 Å². The molecule has 1 aromatic carbocycles. The number of nitrogens with zero attached hydrogens (tertiary/aromatic N) is 2. The van der Waals surface area contributed by atoms with Crippen molar-refractivity contribution in [1.82, 2.24) is 9.97 Å². The van der Waals surface area contributed by atoms with E-state index in [1.807, 2.05) is 6.92 Å². The van der Waals surface area contributed by atoms with Crippen molar-refractivity contribution < 1.29 is 9.59 Å². The van der Waals surface area contributed by atoms with E-state index in [2.05, 4.69) is 27.5 Å². The minimum absolute atomic E-state index is 0.0486. The van der Waals surface area contributed by atoms with Crippen molar-refractivity contribution in [2.75, 3.05) is 17.2 Å². The molecule has 0 unspecified atom stereocenters. The lowest BCUT2D eigenvalue weighted by atomic mass is 10.1. The number of carbonyl (C=O) groups excluding carboxylic acids is 2. The molecule has 1 heterocycles. The lowest BCUT2D eigenvalue weighted by molar-refractivity contribution is 0.100. The van der Waals surface area contributed by atoms with Crippen LogP contribution in [0.3, 0.4) is 0 Å². The van der Waals surface area contributed by atoms with Gasteiger partial charge in [0, 0.05) is 23.5 Å². The molecular weight excluding hydrogens is 316 g/mol. The summed E-state index contributed by atoms with van der Waals surface area (Å²) in [6, 6.07) is 8.48. The van der Waals surface area contributed by atoms with Gasteiger partial charge in [-0.1, -0.05) is 31.9 Å². The molecule has 2 rings (SSSR count). The molecule has 1 amide bonds. The third kappa shape index (κ3) is 5.67. The van der Waals surface area contributed by atoms with E-state index in [1.165, 1.54) is 6.92 Å². The fourth-order valence-electron chi connectivity index (χ4n) is 2.35. The third-order valence-electron chi connectivity index (χ3n) is 3.68. The van der Waals surface area contributed by atoms with Crippen molar-refractivity contribution in [2.45, 2.75) is 40.0 Å². The number of amides is 1. The first-order chi connectivity index (χ1) is 12.0. The van der Waals surface area contributed by atoms with Crippen LogP contribution in [-0.4, -0.2) is 28.2 Å². The fourth-order valence-corrected chi connectivity index (χ4v) is 2.35. The minimum atomic E-state index is -0.331. The van der Waals surface area contributed by atoms with Crippen LogP contribution in [0.15, 0.2) is 30.3 Å². The lowest BCUT2D eigenvalue weighted by Gasteiger charge is -2.09. The number of rotatable bonds is 8. The number of ketones is 1. The number of unbranched alkanes of at least 4 members (excludes halogenated alkanes) is 2. The van der Waals surface area contributed by atoms with Crippen molar-refractivity contribution in [3.8, 4) is 0 Å². The molecule has 25 heavy (non-hydrogen) atoms. The predicted octanol–water partition coefficient (Wildman–Crippen LogP) is 3.84. The zero-order valence-corrected chi connectivity index (χ0v) is 14.9. The third-order valence-corrected chi connectivity index (χ3v) is 3.68. The Balaban J connectivity index is 2.09. The van der Waals surface area contributed by atoms with Gasteiger partial charge in [0.1, 0.15) is 5.69 Å². The summed E-state index contributed by atoms with van der Waals surface area (Å²) < 4.78 is 0. The van der Waals surface area contributed by atoms with Crippen LogP contribution >= 0.6 is 0 Å². The average Bonchev–Trinajstić information content (AvgIpc) is 2.58. The number of aryl methyl sites for hydroxylation is 1. The minimum Gasteiger partial charge on any atom is -0.354 e. The summed E-state index contributed by atoms with van der Waals surface area (Å²) in [6.07, 6.45) is 3.31. The number of aromatic nitrogens is 2. The highest BCUT2D eigenvalue weighted by Crippen LogP contribution is 2.13. The van der Waals surface area contributed by atoms with E-state index in [0.29, 0.717) is 22.9 Å². The maximum atomic E-state index is 12.5. The number of anilines is 2. The van der Waals surface area contributed by atoms with Crippen LogP contribution in [0.2, 0.25) is 0 Å². The van der Waals surface area contributed by atoms with Crippen molar-refractivity contribution in [1.29, 1.82) is 0 Å². The molecule has 0 aliphatic heterocycles. The van der Waals surface area contributed by atoms with Gasteiger partial charge >= 0.3 is 0 Å². The zero-order chi connectivity index (χ0) is 18.2. The Morgan fingerprint density at radius 3 is 2.64 bits per heavy atom. The molecule has 2 N–H and O–H groups in total. The number of Topliss-reactive ketones (excluding diaryl/α,β-unsaturated/α-hetero) is 1. The van der Waals surface area contributed by atoms with E-state index in [4.69, 9.17) is 0 Å². The number of nitrogens with one attached hydrogen (secondary N) is 2. The molecule has 0 radical (unpaired) electrons. The predicted molar refractivity (Wildman–Crippen MR) is 99.2 cm³/mol. The molecule has 2 aromatic rings. The van der Waals surface area contributed by atoms with Crippen molar-refractivity contribution in [3.05, 3.63) is 47.3 Å². The van der Waals surface area contributed by atoms with Crippen LogP contribution in [0, 0.1) is 6.92 Å². The zero-order valence-electron chi connectivity index (χ0n) is 14.9. The number of hydrogen-bond donors (Lipinski definition) is 2. The van der Waals surface area contributed by atoms with Crippen LogP contribution in [-0.2, 0) is 0 Å². The molecule has 1 aromatic heterocycles. The van der Waals surface area contributed by atoms with E-state index in [0.717, 1.165) is 31.5 Å². The standard InChI is InChI=1S/C19H24N4O2/c1-4-5-6-10-20-19-21-13(2)11-17(23-19)18(25)22-16-9-7-8-15(12-16)14(3)24/h7-9,11-12H,4-6,10H2,1-3H3,(H,22,25)(H,20,21,23). The van der Waals surface area contributed by atoms with Gasteiger partial charge in [-0.15, -0.1) is 0 Å². The monoisotopic (exact) mass is 340 g/mol. The Hall–Kier alpha value is -2.76. The summed E-state index contributed by atoms with van der Waals surface area (Å²) in [5.41, 5.74) is 2.12. The topological polar surface area (TPSA) is 84.0 Å². The smallest absolute Gasteiger partial charge is 0.274 e. The van der Waals surface area contributed by atoms with Crippen molar-refractivity contribution in [2.24, 2.45) is 0 Å². The Labute approximate surface area is 148 Å². The largest absolute Gasteiger partial charge is 0.354 e. The Morgan fingerprint density at radius 1 is 1.12 bits per heavy atom. The highest BCUT2D eigenvalue weighted by Gasteiger charge is 2.11. The molecular formula is C19H24N4O2. The number of carbonyl (C=O) groups is 2. The van der Waals surface area contributed by atoms with Gasteiger partial charge in [-0.2, -0.15) is 0 Å². The summed E-state index contributed by atoms with van der Waals surface area (Å²) in [5.74, 6) is 0.0779. The van der Waals surface area contributed by atoms with Gasteiger partial charge in [0.25, 0.3) is 5.91 Å². The first kappa shape index (κ1) is 18.6. The van der Waals surface area contributed by atoms with Gasteiger partial charge in [-0.3, -0.25) is 9.59 Å². The van der Waals surface area contributed by atoms with Gasteiger partial charge < -0.3 is 10.6 Å². The Kier molecular flexibility index (Phi) is 6.62. The van der Waals surface area contributed by atoms with Crippen LogP contribution in [0.1, 0.15) is 59.7 Å². The quantitative estimate of drug-likeness (QED) is 0.563. The molecule has 0 saturated carbocycles. The number of hydrogen-bond acceptors (Lipinski definition) is 5.